The topological polar surface area (TPSA) is 69.9 Å². The van der Waals surface area contributed by atoms with E-state index in [1.165, 1.54) is 12.1 Å². The molecule has 3 N–H and O–H groups in total. The third-order valence-corrected chi connectivity index (χ3v) is 3.04. The number of benzene rings is 1. The minimum absolute atomic E-state index is 0.0357. The van der Waals surface area contributed by atoms with Gasteiger partial charge >= 0.3 is 0 Å². The van der Waals surface area contributed by atoms with E-state index in [4.69, 9.17) is 4.74 Å². The van der Waals surface area contributed by atoms with Crippen molar-refractivity contribution in [3.05, 3.63) is 17.7 Å². The number of rotatable bonds is 0. The Bertz CT molecular complexity index is 434. The maximum absolute atomic E-state index is 10.0. The molecule has 94 valence electrons. The Labute approximate surface area is 100 Å². The first-order chi connectivity index (χ1) is 7.79. The van der Waals surface area contributed by atoms with Gasteiger partial charge in [-0.05, 0) is 0 Å². The Morgan fingerprint density at radius 2 is 1.88 bits per heavy atom. The van der Waals surface area contributed by atoms with Gasteiger partial charge in [0.2, 0.25) is 0 Å². The van der Waals surface area contributed by atoms with Gasteiger partial charge in [0.15, 0.2) is 0 Å². The van der Waals surface area contributed by atoms with E-state index in [0.717, 1.165) is 0 Å². The normalized spacial score (nSPS) is 24.0. The molecule has 0 saturated carbocycles. The maximum atomic E-state index is 10.0. The monoisotopic (exact) mass is 238 g/mol. The summed E-state index contributed by atoms with van der Waals surface area (Å²) in [7, 11) is 0. The fourth-order valence-corrected chi connectivity index (χ4v) is 2.21. The van der Waals surface area contributed by atoms with E-state index in [2.05, 4.69) is 0 Å². The first-order valence-corrected chi connectivity index (χ1v) is 5.68. The zero-order chi connectivity index (χ0) is 12.8. The third-order valence-electron chi connectivity index (χ3n) is 3.04. The van der Waals surface area contributed by atoms with E-state index in [-0.39, 0.29) is 23.0 Å². The molecular formula is C13H18O4. The molecule has 0 aliphatic carbocycles. The highest BCUT2D eigenvalue weighted by atomic mass is 16.5. The second kappa shape index (κ2) is 3.81. The number of phenolic OH excluding ortho intramolecular Hbond substituents is 2. The third kappa shape index (κ3) is 2.17. The Morgan fingerprint density at radius 3 is 2.47 bits per heavy atom. The van der Waals surface area contributed by atoms with Gasteiger partial charge in [0.05, 0.1) is 6.10 Å². The molecule has 4 nitrogen and oxygen atoms in total. The molecule has 0 bridgehead atoms. The van der Waals surface area contributed by atoms with Crippen LogP contribution in [0.1, 0.15) is 26.3 Å². The molecule has 0 spiro atoms. The molecule has 1 aliphatic rings. The van der Waals surface area contributed by atoms with Gasteiger partial charge in [0.25, 0.3) is 0 Å². The molecule has 0 saturated heterocycles. The minimum Gasteiger partial charge on any atom is -0.508 e. The van der Waals surface area contributed by atoms with Crippen LogP contribution in [0.15, 0.2) is 12.1 Å². The molecule has 1 aromatic carbocycles. The molecule has 4 heteroatoms. The average Bonchev–Trinajstić information content (AvgIpc) is 2.16. The van der Waals surface area contributed by atoms with E-state index in [1.54, 1.807) is 0 Å². The summed E-state index contributed by atoms with van der Waals surface area (Å²) < 4.78 is 5.70. The number of aliphatic hydroxyl groups excluding tert-OH is 1. The van der Waals surface area contributed by atoms with E-state index in [1.807, 2.05) is 20.8 Å². The first kappa shape index (κ1) is 12.0. The lowest BCUT2D eigenvalue weighted by Crippen LogP contribution is -2.46. The number of aromatic hydroxyl groups is 2. The molecule has 0 fully saturated rings. The summed E-state index contributed by atoms with van der Waals surface area (Å²) in [5.74, 6) is 0.379. The lowest BCUT2D eigenvalue weighted by molar-refractivity contribution is -0.0389. The van der Waals surface area contributed by atoms with Gasteiger partial charge in [-0.1, -0.05) is 20.8 Å². The molecule has 0 amide bonds. The molecule has 2 atom stereocenters. The van der Waals surface area contributed by atoms with E-state index in [9.17, 15) is 15.3 Å². The van der Waals surface area contributed by atoms with E-state index >= 15 is 0 Å². The molecular weight excluding hydrogens is 220 g/mol. The smallest absolute Gasteiger partial charge is 0.130 e. The molecule has 0 radical (unpaired) electrons. The van der Waals surface area contributed by atoms with Crippen molar-refractivity contribution in [1.29, 1.82) is 0 Å². The van der Waals surface area contributed by atoms with E-state index < -0.39 is 6.10 Å². The lowest BCUT2D eigenvalue weighted by Gasteiger charge is -2.38. The van der Waals surface area contributed by atoms with Crippen LogP contribution in [0.4, 0.5) is 0 Å². The van der Waals surface area contributed by atoms with Crippen LogP contribution in [0.5, 0.6) is 17.2 Å². The van der Waals surface area contributed by atoms with Crippen LogP contribution < -0.4 is 4.74 Å². The van der Waals surface area contributed by atoms with Crippen LogP contribution in [0.3, 0.4) is 0 Å². The van der Waals surface area contributed by atoms with Crippen molar-refractivity contribution in [2.75, 3.05) is 0 Å². The van der Waals surface area contributed by atoms with Crippen LogP contribution in [0, 0.1) is 5.41 Å². The quantitative estimate of drug-likeness (QED) is 0.644. The second-order valence-corrected chi connectivity index (χ2v) is 5.62. The molecule has 1 aliphatic heterocycles. The fraction of sp³-hybridized carbons (Fsp3) is 0.538. The summed E-state index contributed by atoms with van der Waals surface area (Å²) in [4.78, 5) is 0. The van der Waals surface area contributed by atoms with Gasteiger partial charge in [-0.25, -0.2) is 0 Å². The van der Waals surface area contributed by atoms with Crippen molar-refractivity contribution in [2.45, 2.75) is 39.4 Å². The Morgan fingerprint density at radius 1 is 1.24 bits per heavy atom. The number of phenols is 2. The SMILES string of the molecule is CC(C)(C)C1Oc2cc(O)cc(O)c2C[C@@H]1O. The van der Waals surface area contributed by atoms with Gasteiger partial charge in [-0.3, -0.25) is 0 Å². The Kier molecular flexibility index (Phi) is 2.70. The zero-order valence-electron chi connectivity index (χ0n) is 10.3. The molecule has 0 aromatic heterocycles. The highest BCUT2D eigenvalue weighted by Gasteiger charge is 2.38. The number of ether oxygens (including phenoxy) is 1. The first-order valence-electron chi connectivity index (χ1n) is 5.68. The lowest BCUT2D eigenvalue weighted by atomic mass is 9.82. The number of hydrogen-bond donors (Lipinski definition) is 3. The van der Waals surface area contributed by atoms with Gasteiger partial charge in [0, 0.05) is 29.5 Å². The summed E-state index contributed by atoms with van der Waals surface area (Å²) in [6.45, 7) is 5.94. The van der Waals surface area contributed by atoms with Crippen molar-refractivity contribution in [1.82, 2.24) is 0 Å². The van der Waals surface area contributed by atoms with Crippen molar-refractivity contribution >= 4 is 0 Å². The van der Waals surface area contributed by atoms with Gasteiger partial charge in [-0.15, -0.1) is 0 Å². The summed E-state index contributed by atoms with van der Waals surface area (Å²) in [5.41, 5.74) is 0.342. The summed E-state index contributed by atoms with van der Waals surface area (Å²) in [6.07, 6.45) is -0.669. The maximum Gasteiger partial charge on any atom is 0.130 e. The van der Waals surface area contributed by atoms with Crippen LogP contribution in [0.2, 0.25) is 0 Å². The number of aliphatic hydroxyl groups is 1. The zero-order valence-corrected chi connectivity index (χ0v) is 10.3. The summed E-state index contributed by atoms with van der Waals surface area (Å²) in [5, 5.41) is 29.2. The highest BCUT2D eigenvalue weighted by molar-refractivity contribution is 5.51. The molecule has 1 heterocycles. The van der Waals surface area contributed by atoms with Crippen molar-refractivity contribution < 1.29 is 20.1 Å². The Hall–Kier alpha value is -1.42. The van der Waals surface area contributed by atoms with Crippen molar-refractivity contribution in [3.63, 3.8) is 0 Å². The van der Waals surface area contributed by atoms with Crippen molar-refractivity contribution in [2.24, 2.45) is 5.41 Å². The molecule has 1 aromatic rings. The van der Waals surface area contributed by atoms with Gasteiger partial charge < -0.3 is 20.1 Å². The predicted molar refractivity (Wildman–Crippen MR) is 63.4 cm³/mol. The molecule has 17 heavy (non-hydrogen) atoms. The Balaban J connectivity index is 2.41. The van der Waals surface area contributed by atoms with Crippen molar-refractivity contribution in [3.8, 4) is 17.2 Å². The standard InChI is InChI=1S/C13H18O4/c1-13(2,3)12-10(16)6-8-9(15)4-7(14)5-11(8)17-12/h4-5,10,12,14-16H,6H2,1-3H3/t10-,12?/m0/s1. The number of hydrogen-bond acceptors (Lipinski definition) is 4. The average molecular weight is 238 g/mol. The predicted octanol–water partition coefficient (Wildman–Crippen LogP) is 1.81. The summed E-state index contributed by atoms with van der Waals surface area (Å²) in [6, 6.07) is 2.73. The summed E-state index contributed by atoms with van der Waals surface area (Å²) >= 11 is 0. The van der Waals surface area contributed by atoms with E-state index in [0.29, 0.717) is 17.7 Å². The van der Waals surface area contributed by atoms with Crippen LogP contribution >= 0.6 is 0 Å². The highest BCUT2D eigenvalue weighted by Crippen LogP contribution is 2.41. The van der Waals surface area contributed by atoms with Gasteiger partial charge in [0.1, 0.15) is 23.4 Å². The largest absolute Gasteiger partial charge is 0.508 e. The minimum atomic E-state index is -0.655. The number of fused-ring (bicyclic) bond motifs is 1. The molecule has 2 rings (SSSR count). The second-order valence-electron chi connectivity index (χ2n) is 5.62. The van der Waals surface area contributed by atoms with Crippen LogP contribution in [0.25, 0.3) is 0 Å². The molecule has 1 unspecified atom stereocenters. The fourth-order valence-electron chi connectivity index (χ4n) is 2.21. The van der Waals surface area contributed by atoms with Gasteiger partial charge in [-0.2, -0.15) is 0 Å². The van der Waals surface area contributed by atoms with Crippen LogP contribution in [-0.2, 0) is 6.42 Å². The van der Waals surface area contributed by atoms with Crippen LogP contribution in [-0.4, -0.2) is 27.5 Å².